The van der Waals surface area contributed by atoms with Crippen molar-refractivity contribution < 1.29 is 13.2 Å². The molecule has 0 bridgehead atoms. The zero-order valence-corrected chi connectivity index (χ0v) is 13.3. The zero-order valence-electron chi connectivity index (χ0n) is 12.5. The van der Waals surface area contributed by atoms with Crippen molar-refractivity contribution >= 4 is 9.84 Å². The zero-order chi connectivity index (χ0) is 14.2. The van der Waals surface area contributed by atoms with Crippen LogP contribution in [0.1, 0.15) is 40.5 Å². The van der Waals surface area contributed by atoms with E-state index in [2.05, 4.69) is 33.0 Å². The van der Waals surface area contributed by atoms with E-state index >= 15 is 0 Å². The molecule has 1 atom stereocenters. The first-order valence-electron chi connectivity index (χ1n) is 6.65. The van der Waals surface area contributed by atoms with E-state index in [1.165, 1.54) is 0 Å². The lowest BCUT2D eigenvalue weighted by atomic mass is 9.88. The Kier molecular flexibility index (Phi) is 8.06. The van der Waals surface area contributed by atoms with Gasteiger partial charge in [0.05, 0.1) is 11.5 Å². The van der Waals surface area contributed by atoms with E-state index in [1.54, 1.807) is 7.11 Å². The molecule has 0 saturated carbocycles. The molecule has 1 N–H and O–H groups in total. The molecule has 4 nitrogen and oxygen atoms in total. The lowest BCUT2D eigenvalue weighted by Crippen LogP contribution is -2.46. The predicted octanol–water partition coefficient (Wildman–Crippen LogP) is 1.85. The highest BCUT2D eigenvalue weighted by atomic mass is 32.2. The quantitative estimate of drug-likeness (QED) is 0.655. The average molecular weight is 279 g/mol. The molecule has 0 heterocycles. The molecule has 0 aliphatic carbocycles. The van der Waals surface area contributed by atoms with Gasteiger partial charge in [-0.3, -0.25) is 0 Å². The van der Waals surface area contributed by atoms with Crippen LogP contribution in [0.25, 0.3) is 0 Å². The van der Waals surface area contributed by atoms with Gasteiger partial charge in [-0.1, -0.05) is 27.7 Å². The van der Waals surface area contributed by atoms with Crippen molar-refractivity contribution in [3.8, 4) is 0 Å². The van der Waals surface area contributed by atoms with E-state index in [-0.39, 0.29) is 23.0 Å². The molecule has 0 aromatic carbocycles. The van der Waals surface area contributed by atoms with Gasteiger partial charge in [0, 0.05) is 19.8 Å². The van der Waals surface area contributed by atoms with Crippen molar-refractivity contribution in [1.82, 2.24) is 5.32 Å². The minimum absolute atomic E-state index is 0.00462. The van der Waals surface area contributed by atoms with Gasteiger partial charge in [-0.05, 0) is 24.8 Å². The first-order chi connectivity index (χ1) is 8.23. The summed E-state index contributed by atoms with van der Waals surface area (Å²) in [6, 6.07) is 0.00462. The van der Waals surface area contributed by atoms with Crippen molar-refractivity contribution in [3.63, 3.8) is 0 Å². The van der Waals surface area contributed by atoms with Crippen LogP contribution in [0.15, 0.2) is 0 Å². The molecule has 0 aliphatic heterocycles. The molecular formula is C13H29NO3S. The minimum Gasteiger partial charge on any atom is -0.385 e. The standard InChI is InChI=1S/C13H29NO3S/c1-6-8-14-12(13(2,3)4)11-18(15,16)10-7-9-17-5/h12,14H,6-11H2,1-5H3. The van der Waals surface area contributed by atoms with E-state index in [0.717, 1.165) is 13.0 Å². The molecule has 0 amide bonds. The lowest BCUT2D eigenvalue weighted by Gasteiger charge is -2.31. The molecule has 18 heavy (non-hydrogen) atoms. The van der Waals surface area contributed by atoms with Gasteiger partial charge in [0.25, 0.3) is 0 Å². The fourth-order valence-electron chi connectivity index (χ4n) is 1.69. The molecule has 0 aromatic heterocycles. The Morgan fingerprint density at radius 2 is 1.89 bits per heavy atom. The monoisotopic (exact) mass is 279 g/mol. The Morgan fingerprint density at radius 3 is 2.33 bits per heavy atom. The maximum Gasteiger partial charge on any atom is 0.151 e. The van der Waals surface area contributed by atoms with Crippen LogP contribution in [0.2, 0.25) is 0 Å². The summed E-state index contributed by atoms with van der Waals surface area (Å²) in [6.45, 7) is 9.66. The van der Waals surface area contributed by atoms with Gasteiger partial charge >= 0.3 is 0 Å². The molecule has 0 spiro atoms. The van der Waals surface area contributed by atoms with Gasteiger partial charge in [0.1, 0.15) is 0 Å². The molecule has 0 saturated heterocycles. The molecule has 0 rings (SSSR count). The van der Waals surface area contributed by atoms with Gasteiger partial charge in [0.15, 0.2) is 9.84 Å². The summed E-state index contributed by atoms with van der Waals surface area (Å²) in [4.78, 5) is 0. The second kappa shape index (κ2) is 8.12. The van der Waals surface area contributed by atoms with Crippen molar-refractivity contribution in [2.45, 2.75) is 46.6 Å². The SMILES string of the molecule is CCCNC(CS(=O)(=O)CCCOC)C(C)(C)C. The number of ether oxygens (including phenoxy) is 1. The van der Waals surface area contributed by atoms with Crippen molar-refractivity contribution in [2.24, 2.45) is 5.41 Å². The molecule has 5 heteroatoms. The van der Waals surface area contributed by atoms with Crippen LogP contribution in [0.4, 0.5) is 0 Å². The maximum atomic E-state index is 12.0. The number of sulfone groups is 1. The summed E-state index contributed by atoms with van der Waals surface area (Å²) < 4.78 is 29.0. The lowest BCUT2D eigenvalue weighted by molar-refractivity contribution is 0.199. The number of hydrogen-bond donors (Lipinski definition) is 1. The summed E-state index contributed by atoms with van der Waals surface area (Å²) in [5.74, 6) is 0.418. The fraction of sp³-hybridized carbons (Fsp3) is 1.00. The second-order valence-corrected chi connectivity index (χ2v) is 8.06. The third kappa shape index (κ3) is 8.06. The highest BCUT2D eigenvalue weighted by molar-refractivity contribution is 7.91. The normalized spacial score (nSPS) is 14.7. The number of rotatable bonds is 9. The van der Waals surface area contributed by atoms with Crippen LogP contribution in [0.3, 0.4) is 0 Å². The minimum atomic E-state index is -3.01. The Bertz CT molecular complexity index is 307. The summed E-state index contributed by atoms with van der Waals surface area (Å²) in [5.41, 5.74) is -0.0521. The van der Waals surface area contributed by atoms with Gasteiger partial charge in [-0.25, -0.2) is 8.42 Å². The van der Waals surface area contributed by atoms with E-state index in [4.69, 9.17) is 4.74 Å². The van der Waals surface area contributed by atoms with Crippen molar-refractivity contribution in [2.75, 3.05) is 31.8 Å². The summed E-state index contributed by atoms with van der Waals surface area (Å²) in [7, 11) is -1.42. The smallest absolute Gasteiger partial charge is 0.151 e. The molecule has 1 unspecified atom stereocenters. The van der Waals surface area contributed by atoms with Crippen LogP contribution < -0.4 is 5.32 Å². The van der Waals surface area contributed by atoms with E-state index in [0.29, 0.717) is 13.0 Å². The summed E-state index contributed by atoms with van der Waals surface area (Å²) in [5, 5.41) is 3.35. The Morgan fingerprint density at radius 1 is 1.28 bits per heavy atom. The van der Waals surface area contributed by atoms with Crippen LogP contribution >= 0.6 is 0 Å². The van der Waals surface area contributed by atoms with Crippen LogP contribution in [-0.2, 0) is 14.6 Å². The van der Waals surface area contributed by atoms with Crippen LogP contribution in [0, 0.1) is 5.41 Å². The third-order valence-electron chi connectivity index (χ3n) is 2.91. The van der Waals surface area contributed by atoms with E-state index in [9.17, 15) is 8.42 Å². The molecular weight excluding hydrogens is 250 g/mol. The Hall–Kier alpha value is -0.130. The first kappa shape index (κ1) is 17.9. The predicted molar refractivity (Wildman–Crippen MR) is 76.7 cm³/mol. The molecule has 0 radical (unpaired) electrons. The van der Waals surface area contributed by atoms with E-state index < -0.39 is 9.84 Å². The van der Waals surface area contributed by atoms with E-state index in [1.807, 2.05) is 0 Å². The number of hydrogen-bond acceptors (Lipinski definition) is 4. The number of methoxy groups -OCH3 is 1. The van der Waals surface area contributed by atoms with Gasteiger partial charge < -0.3 is 10.1 Å². The first-order valence-corrected chi connectivity index (χ1v) is 8.48. The summed E-state index contributed by atoms with van der Waals surface area (Å²) >= 11 is 0. The van der Waals surface area contributed by atoms with Crippen LogP contribution in [0.5, 0.6) is 0 Å². The Labute approximate surface area is 112 Å². The second-order valence-electron chi connectivity index (χ2n) is 5.83. The van der Waals surface area contributed by atoms with Gasteiger partial charge in [-0.15, -0.1) is 0 Å². The fourth-order valence-corrected chi connectivity index (χ4v) is 3.54. The molecule has 0 aromatic rings. The molecule has 0 fully saturated rings. The van der Waals surface area contributed by atoms with Gasteiger partial charge in [0.2, 0.25) is 0 Å². The van der Waals surface area contributed by atoms with Crippen molar-refractivity contribution in [1.29, 1.82) is 0 Å². The highest BCUT2D eigenvalue weighted by Crippen LogP contribution is 2.21. The number of nitrogens with one attached hydrogen (secondary N) is 1. The third-order valence-corrected chi connectivity index (χ3v) is 4.66. The van der Waals surface area contributed by atoms with Crippen LogP contribution in [-0.4, -0.2) is 46.2 Å². The molecule has 110 valence electrons. The Balaban J connectivity index is 4.46. The summed E-state index contributed by atoms with van der Waals surface area (Å²) in [6.07, 6.45) is 1.58. The largest absolute Gasteiger partial charge is 0.385 e. The molecule has 0 aliphatic rings. The van der Waals surface area contributed by atoms with Crippen molar-refractivity contribution in [3.05, 3.63) is 0 Å². The highest BCUT2D eigenvalue weighted by Gasteiger charge is 2.28. The van der Waals surface area contributed by atoms with Gasteiger partial charge in [-0.2, -0.15) is 0 Å². The average Bonchev–Trinajstić information content (AvgIpc) is 2.22. The maximum absolute atomic E-state index is 12.0. The topological polar surface area (TPSA) is 55.4 Å².